The number of benzene rings is 2. The molecular formula is C22H24N4O2S. The highest BCUT2D eigenvalue weighted by atomic mass is 32.2. The molecule has 6 nitrogen and oxygen atoms in total. The van der Waals surface area contributed by atoms with Gasteiger partial charge in [0.05, 0.1) is 24.6 Å². The Hall–Kier alpha value is -3.06. The van der Waals surface area contributed by atoms with Crippen molar-refractivity contribution in [1.82, 2.24) is 10.4 Å². The van der Waals surface area contributed by atoms with Gasteiger partial charge in [-0.3, -0.25) is 9.78 Å². The molecule has 1 amide bonds. The van der Waals surface area contributed by atoms with Crippen molar-refractivity contribution >= 4 is 40.5 Å². The van der Waals surface area contributed by atoms with E-state index in [0.29, 0.717) is 0 Å². The number of amides is 1. The number of nitrogens with zero attached hydrogens (tertiary/aromatic N) is 3. The van der Waals surface area contributed by atoms with Crippen LogP contribution in [0.25, 0.3) is 10.9 Å². The summed E-state index contributed by atoms with van der Waals surface area (Å²) in [6.45, 7) is 1.94. The van der Waals surface area contributed by atoms with Crippen molar-refractivity contribution in [3.8, 4) is 5.75 Å². The van der Waals surface area contributed by atoms with E-state index in [1.165, 1.54) is 11.8 Å². The molecule has 150 valence electrons. The van der Waals surface area contributed by atoms with Gasteiger partial charge in [-0.2, -0.15) is 5.10 Å². The molecule has 1 aromatic heterocycles. The molecule has 1 heterocycles. The summed E-state index contributed by atoms with van der Waals surface area (Å²) in [4.78, 5) is 19.8. The molecule has 0 aliphatic rings. The van der Waals surface area contributed by atoms with E-state index in [-0.39, 0.29) is 11.7 Å². The third-order valence-corrected chi connectivity index (χ3v) is 5.33. The van der Waals surface area contributed by atoms with Gasteiger partial charge in [0, 0.05) is 35.8 Å². The molecule has 0 atom stereocenters. The van der Waals surface area contributed by atoms with Crippen LogP contribution in [0.1, 0.15) is 11.3 Å². The highest BCUT2D eigenvalue weighted by Crippen LogP contribution is 2.30. The summed E-state index contributed by atoms with van der Waals surface area (Å²) in [6, 6.07) is 15.7. The van der Waals surface area contributed by atoms with E-state index in [1.807, 2.05) is 74.4 Å². The van der Waals surface area contributed by atoms with Crippen molar-refractivity contribution in [1.29, 1.82) is 0 Å². The zero-order valence-electron chi connectivity index (χ0n) is 17.0. The van der Waals surface area contributed by atoms with Crippen LogP contribution in [0.5, 0.6) is 5.75 Å². The Morgan fingerprint density at radius 2 is 1.97 bits per heavy atom. The van der Waals surface area contributed by atoms with E-state index in [2.05, 4.69) is 15.5 Å². The second-order valence-corrected chi connectivity index (χ2v) is 7.73. The van der Waals surface area contributed by atoms with Crippen LogP contribution in [0.4, 0.5) is 5.69 Å². The molecule has 0 saturated heterocycles. The second-order valence-electron chi connectivity index (χ2n) is 6.71. The van der Waals surface area contributed by atoms with Crippen LogP contribution in [-0.2, 0) is 4.79 Å². The largest absolute Gasteiger partial charge is 0.497 e. The molecule has 0 unspecified atom stereocenters. The quantitative estimate of drug-likeness (QED) is 0.365. The van der Waals surface area contributed by atoms with Gasteiger partial charge in [0.25, 0.3) is 0 Å². The molecule has 29 heavy (non-hydrogen) atoms. The third-order valence-electron chi connectivity index (χ3n) is 4.28. The first-order valence-corrected chi connectivity index (χ1v) is 10.1. The summed E-state index contributed by atoms with van der Waals surface area (Å²) in [5.41, 5.74) is 6.41. The Kier molecular flexibility index (Phi) is 6.72. The van der Waals surface area contributed by atoms with Crippen molar-refractivity contribution in [2.75, 3.05) is 31.9 Å². The fourth-order valence-electron chi connectivity index (χ4n) is 2.76. The van der Waals surface area contributed by atoms with Gasteiger partial charge in [-0.25, -0.2) is 5.43 Å². The number of ether oxygens (including phenoxy) is 1. The first-order chi connectivity index (χ1) is 14.0. The van der Waals surface area contributed by atoms with Crippen LogP contribution in [0.3, 0.4) is 0 Å². The Bertz CT molecular complexity index is 1030. The number of anilines is 1. The number of hydrogen-bond donors (Lipinski definition) is 1. The average molecular weight is 409 g/mol. The maximum atomic E-state index is 12.2. The number of methoxy groups -OCH3 is 1. The molecule has 3 aromatic rings. The minimum atomic E-state index is -0.165. The number of aromatic nitrogens is 1. The molecule has 0 bridgehead atoms. The number of carbonyl (C=O) groups is 1. The maximum Gasteiger partial charge on any atom is 0.250 e. The second kappa shape index (κ2) is 9.43. The van der Waals surface area contributed by atoms with Crippen molar-refractivity contribution in [3.05, 3.63) is 59.8 Å². The number of thioether (sulfide) groups is 1. The van der Waals surface area contributed by atoms with Crippen molar-refractivity contribution in [2.45, 2.75) is 11.8 Å². The lowest BCUT2D eigenvalue weighted by Crippen LogP contribution is -2.19. The molecule has 3 rings (SSSR count). The molecule has 0 aliphatic carbocycles. The molecule has 0 radical (unpaired) electrons. The van der Waals surface area contributed by atoms with Gasteiger partial charge in [-0.1, -0.05) is 12.1 Å². The SMILES string of the molecule is COc1ccc2nc(C)cc(SCC(=O)NN=Cc3ccc(N(C)C)cc3)c2c1. The summed E-state index contributed by atoms with van der Waals surface area (Å²) in [5, 5.41) is 5.02. The van der Waals surface area contributed by atoms with E-state index >= 15 is 0 Å². The standard InChI is InChI=1S/C22H24N4O2S/c1-15-11-21(19-12-18(28-4)9-10-20(19)24-15)29-14-22(27)25-23-13-16-5-7-17(8-6-16)26(2)3/h5-13H,14H2,1-4H3,(H,25,27). The minimum absolute atomic E-state index is 0.165. The number of carbonyl (C=O) groups excluding carboxylic acids is 1. The van der Waals surface area contributed by atoms with Gasteiger partial charge < -0.3 is 9.64 Å². The van der Waals surface area contributed by atoms with Crippen LogP contribution in [0.2, 0.25) is 0 Å². The number of rotatable bonds is 7. The molecule has 0 fully saturated rings. The van der Waals surface area contributed by atoms with Gasteiger partial charge in [0.2, 0.25) is 5.91 Å². The van der Waals surface area contributed by atoms with Crippen molar-refractivity contribution < 1.29 is 9.53 Å². The highest BCUT2D eigenvalue weighted by Gasteiger charge is 2.09. The zero-order chi connectivity index (χ0) is 20.8. The lowest BCUT2D eigenvalue weighted by molar-refractivity contribution is -0.118. The first kappa shape index (κ1) is 20.7. The molecule has 0 aliphatic heterocycles. The predicted molar refractivity (Wildman–Crippen MR) is 120 cm³/mol. The summed E-state index contributed by atoms with van der Waals surface area (Å²) in [7, 11) is 5.62. The first-order valence-electron chi connectivity index (χ1n) is 9.14. The molecule has 2 aromatic carbocycles. The average Bonchev–Trinajstić information content (AvgIpc) is 2.72. The fourth-order valence-corrected chi connectivity index (χ4v) is 3.68. The van der Waals surface area contributed by atoms with Crippen LogP contribution in [0, 0.1) is 6.92 Å². The van der Waals surface area contributed by atoms with E-state index in [0.717, 1.165) is 38.5 Å². The Morgan fingerprint density at radius 3 is 2.66 bits per heavy atom. The summed E-state index contributed by atoms with van der Waals surface area (Å²) in [5.74, 6) is 0.855. The number of aryl methyl sites for hydroxylation is 1. The number of hydrazone groups is 1. The third kappa shape index (κ3) is 5.48. The summed E-state index contributed by atoms with van der Waals surface area (Å²) >= 11 is 1.46. The van der Waals surface area contributed by atoms with Crippen LogP contribution in [-0.4, -0.2) is 44.1 Å². The molecule has 7 heteroatoms. The van der Waals surface area contributed by atoms with Crippen molar-refractivity contribution in [3.63, 3.8) is 0 Å². The van der Waals surface area contributed by atoms with Gasteiger partial charge in [-0.15, -0.1) is 11.8 Å². The van der Waals surface area contributed by atoms with E-state index in [1.54, 1.807) is 13.3 Å². The minimum Gasteiger partial charge on any atom is -0.497 e. The Morgan fingerprint density at radius 1 is 1.21 bits per heavy atom. The molecule has 0 spiro atoms. The lowest BCUT2D eigenvalue weighted by Gasteiger charge is -2.11. The van der Waals surface area contributed by atoms with Crippen LogP contribution >= 0.6 is 11.8 Å². The monoisotopic (exact) mass is 408 g/mol. The number of hydrogen-bond acceptors (Lipinski definition) is 6. The normalized spacial score (nSPS) is 11.0. The Balaban J connectivity index is 1.62. The smallest absolute Gasteiger partial charge is 0.250 e. The molecule has 1 N–H and O–H groups in total. The number of fused-ring (bicyclic) bond motifs is 1. The fraction of sp³-hybridized carbons (Fsp3) is 0.227. The number of pyridine rings is 1. The summed E-state index contributed by atoms with van der Waals surface area (Å²) < 4.78 is 5.31. The van der Waals surface area contributed by atoms with Gasteiger partial charge in [0.15, 0.2) is 0 Å². The molecule has 0 saturated carbocycles. The molecular weight excluding hydrogens is 384 g/mol. The Labute approximate surface area is 175 Å². The van der Waals surface area contributed by atoms with E-state index in [4.69, 9.17) is 4.74 Å². The van der Waals surface area contributed by atoms with Crippen LogP contribution in [0.15, 0.2) is 58.5 Å². The maximum absolute atomic E-state index is 12.2. The van der Waals surface area contributed by atoms with Gasteiger partial charge in [-0.05, 0) is 48.9 Å². The van der Waals surface area contributed by atoms with Crippen molar-refractivity contribution in [2.24, 2.45) is 5.10 Å². The lowest BCUT2D eigenvalue weighted by atomic mass is 10.2. The summed E-state index contributed by atoms with van der Waals surface area (Å²) in [6.07, 6.45) is 1.64. The van der Waals surface area contributed by atoms with Crippen LogP contribution < -0.4 is 15.1 Å². The topological polar surface area (TPSA) is 66.8 Å². The predicted octanol–water partition coefficient (Wildman–Crippen LogP) is 3.86. The zero-order valence-corrected chi connectivity index (χ0v) is 17.8. The highest BCUT2D eigenvalue weighted by molar-refractivity contribution is 8.00. The van der Waals surface area contributed by atoms with E-state index in [9.17, 15) is 4.79 Å². The van der Waals surface area contributed by atoms with Gasteiger partial charge in [0.1, 0.15) is 5.75 Å². The van der Waals surface area contributed by atoms with E-state index < -0.39 is 0 Å². The number of nitrogens with one attached hydrogen (secondary N) is 1. The van der Waals surface area contributed by atoms with Gasteiger partial charge >= 0.3 is 0 Å².